The van der Waals surface area contributed by atoms with Crippen LogP contribution in [0.25, 0.3) is 0 Å². The SMILES string of the molecule is Fc1cc(OCC2CC2)cc(C2CO2)c1. The fourth-order valence-electron chi connectivity index (χ4n) is 1.59. The third-order valence-corrected chi connectivity index (χ3v) is 2.78. The molecular weight excluding hydrogens is 195 g/mol. The van der Waals surface area contributed by atoms with Gasteiger partial charge in [-0.1, -0.05) is 0 Å². The zero-order valence-electron chi connectivity index (χ0n) is 8.41. The van der Waals surface area contributed by atoms with E-state index in [1.54, 1.807) is 0 Å². The van der Waals surface area contributed by atoms with Crippen LogP contribution >= 0.6 is 0 Å². The van der Waals surface area contributed by atoms with Gasteiger partial charge in [-0.3, -0.25) is 0 Å². The van der Waals surface area contributed by atoms with Gasteiger partial charge in [0.1, 0.15) is 17.7 Å². The predicted octanol–water partition coefficient (Wildman–Crippen LogP) is 2.69. The number of epoxide rings is 1. The average Bonchev–Trinajstić information content (AvgIpc) is 3.06. The van der Waals surface area contributed by atoms with E-state index in [1.165, 1.54) is 25.0 Å². The second-order valence-corrected chi connectivity index (χ2v) is 4.30. The van der Waals surface area contributed by atoms with Crippen molar-refractivity contribution in [3.8, 4) is 5.75 Å². The first-order chi connectivity index (χ1) is 7.31. The molecule has 3 rings (SSSR count). The Labute approximate surface area is 88.0 Å². The normalized spacial score (nSPS) is 23.9. The minimum absolute atomic E-state index is 0.0870. The molecule has 1 aromatic rings. The molecule has 2 nitrogen and oxygen atoms in total. The lowest BCUT2D eigenvalue weighted by atomic mass is 10.1. The molecule has 0 N–H and O–H groups in total. The second-order valence-electron chi connectivity index (χ2n) is 4.30. The third kappa shape index (κ3) is 2.29. The van der Waals surface area contributed by atoms with E-state index in [0.717, 1.165) is 5.56 Å². The molecule has 0 bridgehead atoms. The summed E-state index contributed by atoms with van der Waals surface area (Å²) in [5, 5.41) is 0. The van der Waals surface area contributed by atoms with Crippen molar-refractivity contribution < 1.29 is 13.9 Å². The topological polar surface area (TPSA) is 21.8 Å². The number of hydrogen-bond acceptors (Lipinski definition) is 2. The van der Waals surface area contributed by atoms with Gasteiger partial charge in [0.05, 0.1) is 13.2 Å². The van der Waals surface area contributed by atoms with Crippen LogP contribution in [0.3, 0.4) is 0 Å². The van der Waals surface area contributed by atoms with E-state index in [1.807, 2.05) is 6.07 Å². The first kappa shape index (κ1) is 9.16. The van der Waals surface area contributed by atoms with Gasteiger partial charge in [0, 0.05) is 6.07 Å². The number of hydrogen-bond donors (Lipinski definition) is 0. The van der Waals surface area contributed by atoms with Gasteiger partial charge in [0.15, 0.2) is 0 Å². The van der Waals surface area contributed by atoms with Gasteiger partial charge in [-0.2, -0.15) is 0 Å². The molecule has 15 heavy (non-hydrogen) atoms. The average molecular weight is 208 g/mol. The summed E-state index contributed by atoms with van der Waals surface area (Å²) >= 11 is 0. The van der Waals surface area contributed by atoms with Gasteiger partial charge in [-0.15, -0.1) is 0 Å². The van der Waals surface area contributed by atoms with E-state index in [9.17, 15) is 4.39 Å². The molecule has 2 fully saturated rings. The maximum Gasteiger partial charge on any atom is 0.127 e. The van der Waals surface area contributed by atoms with E-state index in [0.29, 0.717) is 24.9 Å². The molecule has 3 heteroatoms. The molecule has 0 aromatic heterocycles. The molecule has 1 atom stereocenters. The predicted molar refractivity (Wildman–Crippen MR) is 53.3 cm³/mol. The lowest BCUT2D eigenvalue weighted by molar-refractivity contribution is 0.297. The molecule has 1 saturated heterocycles. The molecule has 1 heterocycles. The highest BCUT2D eigenvalue weighted by Crippen LogP contribution is 2.34. The number of ether oxygens (including phenoxy) is 2. The van der Waals surface area contributed by atoms with Crippen molar-refractivity contribution in [3.05, 3.63) is 29.6 Å². The summed E-state index contributed by atoms with van der Waals surface area (Å²) in [6, 6.07) is 4.83. The van der Waals surface area contributed by atoms with Crippen LogP contribution in [0.1, 0.15) is 24.5 Å². The largest absolute Gasteiger partial charge is 0.493 e. The van der Waals surface area contributed by atoms with E-state index in [-0.39, 0.29) is 11.9 Å². The smallest absolute Gasteiger partial charge is 0.127 e. The van der Waals surface area contributed by atoms with Crippen molar-refractivity contribution in [3.63, 3.8) is 0 Å². The maximum absolute atomic E-state index is 13.2. The summed E-state index contributed by atoms with van der Waals surface area (Å²) in [6.07, 6.45) is 2.57. The molecule has 1 saturated carbocycles. The van der Waals surface area contributed by atoms with Crippen LogP contribution < -0.4 is 4.74 Å². The molecular formula is C12H13FO2. The Morgan fingerprint density at radius 1 is 1.33 bits per heavy atom. The van der Waals surface area contributed by atoms with Crippen LogP contribution in [0.4, 0.5) is 4.39 Å². The van der Waals surface area contributed by atoms with E-state index in [4.69, 9.17) is 9.47 Å². The summed E-state index contributed by atoms with van der Waals surface area (Å²) in [5.74, 6) is 1.08. The van der Waals surface area contributed by atoms with E-state index in [2.05, 4.69) is 0 Å². The Bertz CT molecular complexity index is 370. The van der Waals surface area contributed by atoms with Gasteiger partial charge in [-0.25, -0.2) is 4.39 Å². The summed E-state index contributed by atoms with van der Waals surface area (Å²) < 4.78 is 23.9. The third-order valence-electron chi connectivity index (χ3n) is 2.78. The maximum atomic E-state index is 13.2. The fourth-order valence-corrected chi connectivity index (χ4v) is 1.59. The van der Waals surface area contributed by atoms with Gasteiger partial charge < -0.3 is 9.47 Å². The van der Waals surface area contributed by atoms with Crippen LogP contribution in [-0.4, -0.2) is 13.2 Å². The number of benzene rings is 1. The Morgan fingerprint density at radius 2 is 2.13 bits per heavy atom. The van der Waals surface area contributed by atoms with Crippen molar-refractivity contribution in [2.24, 2.45) is 5.92 Å². The fraction of sp³-hybridized carbons (Fsp3) is 0.500. The summed E-state index contributed by atoms with van der Waals surface area (Å²) in [5.41, 5.74) is 0.890. The van der Waals surface area contributed by atoms with Crippen LogP contribution in [0.5, 0.6) is 5.75 Å². The summed E-state index contributed by atoms with van der Waals surface area (Å²) in [6.45, 7) is 1.42. The van der Waals surface area contributed by atoms with Gasteiger partial charge >= 0.3 is 0 Å². The van der Waals surface area contributed by atoms with Crippen molar-refractivity contribution in [1.29, 1.82) is 0 Å². The standard InChI is InChI=1S/C12H13FO2/c13-10-3-9(12-7-15-12)4-11(5-10)14-6-8-1-2-8/h3-5,8,12H,1-2,6-7H2. The lowest BCUT2D eigenvalue weighted by Crippen LogP contribution is -2.00. The zero-order valence-corrected chi connectivity index (χ0v) is 8.41. The minimum atomic E-state index is -0.242. The van der Waals surface area contributed by atoms with Gasteiger partial charge in [0.25, 0.3) is 0 Å². The monoisotopic (exact) mass is 208 g/mol. The number of halogens is 1. The first-order valence-electron chi connectivity index (χ1n) is 5.36. The van der Waals surface area contributed by atoms with Crippen molar-refractivity contribution in [2.75, 3.05) is 13.2 Å². The minimum Gasteiger partial charge on any atom is -0.493 e. The molecule has 0 radical (unpaired) electrons. The summed E-state index contributed by atoms with van der Waals surface area (Å²) in [4.78, 5) is 0. The summed E-state index contributed by atoms with van der Waals surface area (Å²) in [7, 11) is 0. The van der Waals surface area contributed by atoms with Crippen molar-refractivity contribution in [1.82, 2.24) is 0 Å². The molecule has 1 aliphatic carbocycles. The van der Waals surface area contributed by atoms with Crippen molar-refractivity contribution >= 4 is 0 Å². The van der Waals surface area contributed by atoms with Crippen molar-refractivity contribution in [2.45, 2.75) is 18.9 Å². The quantitative estimate of drug-likeness (QED) is 0.709. The molecule has 1 aromatic carbocycles. The molecule has 0 spiro atoms. The zero-order chi connectivity index (χ0) is 10.3. The van der Waals surface area contributed by atoms with Gasteiger partial charge in [0.2, 0.25) is 0 Å². The first-order valence-corrected chi connectivity index (χ1v) is 5.36. The molecule has 2 aliphatic rings. The van der Waals surface area contributed by atoms with Gasteiger partial charge in [-0.05, 0) is 36.5 Å². The molecule has 1 aliphatic heterocycles. The van der Waals surface area contributed by atoms with Crippen LogP contribution in [-0.2, 0) is 4.74 Å². The second kappa shape index (κ2) is 3.49. The van der Waals surface area contributed by atoms with Crippen LogP contribution in [0.15, 0.2) is 18.2 Å². The van der Waals surface area contributed by atoms with E-state index < -0.39 is 0 Å². The van der Waals surface area contributed by atoms with Crippen LogP contribution in [0.2, 0.25) is 0 Å². The van der Waals surface area contributed by atoms with Crippen LogP contribution in [0, 0.1) is 11.7 Å². The highest BCUT2D eigenvalue weighted by Gasteiger charge is 2.26. The molecule has 80 valence electrons. The Morgan fingerprint density at radius 3 is 2.80 bits per heavy atom. The number of rotatable bonds is 4. The lowest BCUT2D eigenvalue weighted by Gasteiger charge is -2.06. The Kier molecular flexibility index (Phi) is 2.13. The Hall–Kier alpha value is -1.09. The highest BCUT2D eigenvalue weighted by molar-refractivity contribution is 5.32. The Balaban J connectivity index is 1.73. The van der Waals surface area contributed by atoms with E-state index >= 15 is 0 Å². The highest BCUT2D eigenvalue weighted by atomic mass is 19.1. The molecule has 0 amide bonds. The molecule has 1 unspecified atom stereocenters.